The number of rotatable bonds is 6. The quantitative estimate of drug-likeness (QED) is 0.770. The lowest BCUT2D eigenvalue weighted by Gasteiger charge is -2.06. The van der Waals surface area contributed by atoms with Crippen LogP contribution in [0.5, 0.6) is 0 Å². The van der Waals surface area contributed by atoms with Gasteiger partial charge in [-0.05, 0) is 31.2 Å². The minimum absolute atomic E-state index is 0.336. The molecule has 0 bridgehead atoms. The highest BCUT2D eigenvalue weighted by Crippen LogP contribution is 2.13. The van der Waals surface area contributed by atoms with Crippen molar-refractivity contribution in [3.05, 3.63) is 24.3 Å². The van der Waals surface area contributed by atoms with Gasteiger partial charge in [-0.1, -0.05) is 0 Å². The molecule has 1 aromatic rings. The minimum Gasteiger partial charge on any atom is -0.383 e. The van der Waals surface area contributed by atoms with E-state index >= 15 is 0 Å². The molecule has 0 aliphatic heterocycles. The second-order valence-corrected chi connectivity index (χ2v) is 5.44. The number of anilines is 1. The van der Waals surface area contributed by atoms with Crippen molar-refractivity contribution in [2.75, 3.05) is 31.3 Å². The smallest absolute Gasteiger partial charge is 0.175 e. The van der Waals surface area contributed by atoms with E-state index in [0.717, 1.165) is 5.69 Å². The summed E-state index contributed by atoms with van der Waals surface area (Å²) >= 11 is 0. The van der Waals surface area contributed by atoms with Crippen LogP contribution in [0.4, 0.5) is 5.69 Å². The van der Waals surface area contributed by atoms with Crippen LogP contribution in [0.15, 0.2) is 29.2 Å². The molecule has 1 rings (SSSR count). The van der Waals surface area contributed by atoms with Gasteiger partial charge < -0.3 is 10.1 Å². The molecule has 90 valence electrons. The van der Waals surface area contributed by atoms with Crippen molar-refractivity contribution in [3.8, 4) is 0 Å². The zero-order chi connectivity index (χ0) is 12.0. The van der Waals surface area contributed by atoms with Crippen LogP contribution >= 0.6 is 0 Å². The Morgan fingerprint density at radius 1 is 1.25 bits per heavy atom. The van der Waals surface area contributed by atoms with Crippen LogP contribution < -0.4 is 5.32 Å². The molecule has 4 nitrogen and oxygen atoms in total. The average Bonchev–Trinajstić information content (AvgIpc) is 2.24. The molecule has 0 unspecified atom stereocenters. The van der Waals surface area contributed by atoms with E-state index in [1.165, 1.54) is 6.26 Å². The van der Waals surface area contributed by atoms with E-state index in [1.807, 2.05) is 6.92 Å². The van der Waals surface area contributed by atoms with Gasteiger partial charge in [-0.25, -0.2) is 8.42 Å². The van der Waals surface area contributed by atoms with Gasteiger partial charge in [0.25, 0.3) is 0 Å². The van der Waals surface area contributed by atoms with E-state index in [1.54, 1.807) is 24.3 Å². The Bertz CT molecular complexity index is 411. The fraction of sp³-hybridized carbons (Fsp3) is 0.455. The van der Waals surface area contributed by atoms with Crippen LogP contribution in [0.25, 0.3) is 0 Å². The van der Waals surface area contributed by atoms with E-state index in [9.17, 15) is 8.42 Å². The molecule has 0 aliphatic rings. The zero-order valence-electron chi connectivity index (χ0n) is 9.56. The summed E-state index contributed by atoms with van der Waals surface area (Å²) in [4.78, 5) is 0.336. The topological polar surface area (TPSA) is 55.4 Å². The Hall–Kier alpha value is -1.07. The summed E-state index contributed by atoms with van der Waals surface area (Å²) in [6, 6.07) is 6.70. The van der Waals surface area contributed by atoms with E-state index < -0.39 is 9.84 Å². The summed E-state index contributed by atoms with van der Waals surface area (Å²) in [5.41, 5.74) is 0.895. The SMILES string of the molecule is CCOCCNc1ccc(S(C)(=O)=O)cc1. The summed E-state index contributed by atoms with van der Waals surface area (Å²) in [6.45, 7) is 4.01. The monoisotopic (exact) mass is 243 g/mol. The predicted molar refractivity (Wildman–Crippen MR) is 64.5 cm³/mol. The van der Waals surface area contributed by atoms with Crippen molar-refractivity contribution < 1.29 is 13.2 Å². The summed E-state index contributed by atoms with van der Waals surface area (Å²) in [6.07, 6.45) is 1.20. The van der Waals surface area contributed by atoms with Gasteiger partial charge in [-0.15, -0.1) is 0 Å². The standard InChI is InChI=1S/C11H17NO3S/c1-3-15-9-8-12-10-4-6-11(7-5-10)16(2,13)14/h4-7,12H,3,8-9H2,1-2H3. The molecule has 0 amide bonds. The van der Waals surface area contributed by atoms with Crippen LogP contribution in [0.2, 0.25) is 0 Å². The summed E-state index contributed by atoms with van der Waals surface area (Å²) in [5.74, 6) is 0. The number of nitrogens with one attached hydrogen (secondary N) is 1. The van der Waals surface area contributed by atoms with Crippen molar-refractivity contribution in [2.24, 2.45) is 0 Å². The summed E-state index contributed by atoms with van der Waals surface area (Å²) in [7, 11) is -3.10. The lowest BCUT2D eigenvalue weighted by Crippen LogP contribution is -2.09. The maximum Gasteiger partial charge on any atom is 0.175 e. The Morgan fingerprint density at radius 3 is 2.38 bits per heavy atom. The van der Waals surface area contributed by atoms with Gasteiger partial charge >= 0.3 is 0 Å². The molecule has 0 fully saturated rings. The van der Waals surface area contributed by atoms with Gasteiger partial charge in [0, 0.05) is 25.1 Å². The normalized spacial score (nSPS) is 11.4. The largest absolute Gasteiger partial charge is 0.383 e. The van der Waals surface area contributed by atoms with Crippen molar-refractivity contribution in [1.29, 1.82) is 0 Å². The fourth-order valence-corrected chi connectivity index (χ4v) is 1.86. The average molecular weight is 243 g/mol. The summed E-state index contributed by atoms with van der Waals surface area (Å²) in [5, 5.41) is 3.14. The van der Waals surface area contributed by atoms with Crippen LogP contribution in [0.1, 0.15) is 6.92 Å². The maximum absolute atomic E-state index is 11.2. The van der Waals surface area contributed by atoms with Crippen LogP contribution in [0.3, 0.4) is 0 Å². The van der Waals surface area contributed by atoms with E-state index in [0.29, 0.717) is 24.7 Å². The zero-order valence-corrected chi connectivity index (χ0v) is 10.4. The number of hydrogen-bond donors (Lipinski definition) is 1. The van der Waals surface area contributed by atoms with Crippen molar-refractivity contribution in [3.63, 3.8) is 0 Å². The maximum atomic E-state index is 11.2. The Balaban J connectivity index is 2.52. The molecule has 0 heterocycles. The first-order valence-electron chi connectivity index (χ1n) is 5.16. The predicted octanol–water partition coefficient (Wildman–Crippen LogP) is 1.54. The second-order valence-electron chi connectivity index (χ2n) is 3.42. The third kappa shape index (κ3) is 4.20. The van der Waals surface area contributed by atoms with Gasteiger partial charge in [0.1, 0.15) is 0 Å². The third-order valence-electron chi connectivity index (χ3n) is 2.06. The number of ether oxygens (including phenoxy) is 1. The molecule has 0 atom stereocenters. The molecular weight excluding hydrogens is 226 g/mol. The van der Waals surface area contributed by atoms with E-state index in [2.05, 4.69) is 5.32 Å². The first kappa shape index (κ1) is 13.0. The molecule has 0 aliphatic carbocycles. The van der Waals surface area contributed by atoms with E-state index in [-0.39, 0.29) is 0 Å². The Labute approximate surface area is 96.5 Å². The lowest BCUT2D eigenvalue weighted by atomic mass is 10.3. The lowest BCUT2D eigenvalue weighted by molar-refractivity contribution is 0.158. The van der Waals surface area contributed by atoms with Crippen molar-refractivity contribution in [1.82, 2.24) is 0 Å². The Kier molecular flexibility index (Phi) is 4.76. The highest BCUT2D eigenvalue weighted by molar-refractivity contribution is 7.90. The third-order valence-corrected chi connectivity index (χ3v) is 3.19. The molecule has 1 aromatic carbocycles. The number of benzene rings is 1. The van der Waals surface area contributed by atoms with E-state index in [4.69, 9.17) is 4.74 Å². The molecule has 0 aromatic heterocycles. The molecule has 0 spiro atoms. The first-order chi connectivity index (χ1) is 7.54. The fourth-order valence-electron chi connectivity index (χ4n) is 1.23. The highest BCUT2D eigenvalue weighted by atomic mass is 32.2. The number of hydrogen-bond acceptors (Lipinski definition) is 4. The highest BCUT2D eigenvalue weighted by Gasteiger charge is 2.05. The van der Waals surface area contributed by atoms with Gasteiger partial charge in [0.05, 0.1) is 11.5 Å². The number of sulfone groups is 1. The van der Waals surface area contributed by atoms with Crippen LogP contribution in [-0.2, 0) is 14.6 Å². The van der Waals surface area contributed by atoms with Crippen molar-refractivity contribution >= 4 is 15.5 Å². The molecule has 0 radical (unpaired) electrons. The molecule has 0 saturated heterocycles. The van der Waals surface area contributed by atoms with Gasteiger partial charge in [-0.2, -0.15) is 0 Å². The first-order valence-corrected chi connectivity index (χ1v) is 7.05. The van der Waals surface area contributed by atoms with Gasteiger partial charge in [0.15, 0.2) is 9.84 Å². The molecule has 1 N–H and O–H groups in total. The van der Waals surface area contributed by atoms with Gasteiger partial charge in [0.2, 0.25) is 0 Å². The molecular formula is C11H17NO3S. The minimum atomic E-state index is -3.10. The second kappa shape index (κ2) is 5.86. The Morgan fingerprint density at radius 2 is 1.88 bits per heavy atom. The molecule has 16 heavy (non-hydrogen) atoms. The molecule has 5 heteroatoms. The molecule has 0 saturated carbocycles. The van der Waals surface area contributed by atoms with Crippen molar-refractivity contribution in [2.45, 2.75) is 11.8 Å². The van der Waals surface area contributed by atoms with Crippen LogP contribution in [0, 0.1) is 0 Å². The summed E-state index contributed by atoms with van der Waals surface area (Å²) < 4.78 is 27.6. The van der Waals surface area contributed by atoms with Gasteiger partial charge in [-0.3, -0.25) is 0 Å². The van der Waals surface area contributed by atoms with Crippen LogP contribution in [-0.4, -0.2) is 34.4 Å².